The molecule has 0 aliphatic carbocycles. The minimum absolute atomic E-state index is 0.0736. The molecule has 1 aromatic heterocycles. The smallest absolute Gasteiger partial charge is 0.222 e. The first-order chi connectivity index (χ1) is 8.66. The molecule has 3 rings (SSSR count). The van der Waals surface area contributed by atoms with Crippen LogP contribution >= 0.6 is 11.3 Å². The molecule has 1 atom stereocenters. The third-order valence-corrected chi connectivity index (χ3v) is 4.24. The molecule has 1 aliphatic rings. The first-order valence-electron chi connectivity index (χ1n) is 5.83. The van der Waals surface area contributed by atoms with E-state index in [4.69, 9.17) is 11.5 Å². The van der Waals surface area contributed by atoms with Crippen LogP contribution in [-0.4, -0.2) is 24.0 Å². The monoisotopic (exact) mass is 262 g/mol. The highest BCUT2D eigenvalue weighted by Crippen LogP contribution is 2.34. The molecule has 0 bridgehead atoms. The van der Waals surface area contributed by atoms with Gasteiger partial charge in [-0.25, -0.2) is 4.98 Å². The van der Waals surface area contributed by atoms with E-state index in [0.29, 0.717) is 12.2 Å². The number of carbonyl (C=O) groups is 1. The van der Waals surface area contributed by atoms with Crippen molar-refractivity contribution in [3.05, 3.63) is 17.6 Å². The number of benzene rings is 1. The van der Waals surface area contributed by atoms with E-state index < -0.39 is 0 Å². The maximum atomic E-state index is 11.2. The lowest BCUT2D eigenvalue weighted by Gasteiger charge is -2.20. The number of carbonyl (C=O) groups excluding carboxylic acids is 1. The normalized spacial score (nSPS) is 19.6. The Morgan fingerprint density at radius 3 is 3.06 bits per heavy atom. The fraction of sp³-hybridized carbons (Fsp3) is 0.333. The lowest BCUT2D eigenvalue weighted by Crippen LogP contribution is -2.27. The molecular weight excluding hydrogens is 248 g/mol. The zero-order chi connectivity index (χ0) is 12.7. The Bertz CT molecular complexity index is 609. The van der Waals surface area contributed by atoms with Crippen molar-refractivity contribution >= 4 is 38.8 Å². The molecule has 1 aromatic carbocycles. The highest BCUT2D eigenvalue weighted by molar-refractivity contribution is 7.16. The number of nitrogens with zero attached hydrogens (tertiary/aromatic N) is 2. The zero-order valence-corrected chi connectivity index (χ0v) is 10.6. The van der Waals surface area contributed by atoms with E-state index >= 15 is 0 Å². The predicted molar refractivity (Wildman–Crippen MR) is 73.5 cm³/mol. The van der Waals surface area contributed by atoms with Gasteiger partial charge in [0.2, 0.25) is 5.91 Å². The van der Waals surface area contributed by atoms with Crippen LogP contribution in [0.15, 0.2) is 17.6 Å². The fourth-order valence-corrected chi connectivity index (χ4v) is 3.12. The first kappa shape index (κ1) is 11.3. The molecule has 2 heterocycles. The Labute approximate surface area is 108 Å². The number of thiazole rings is 1. The molecule has 1 unspecified atom stereocenters. The zero-order valence-electron chi connectivity index (χ0n) is 9.80. The third-order valence-electron chi connectivity index (χ3n) is 3.45. The van der Waals surface area contributed by atoms with Gasteiger partial charge in [0, 0.05) is 13.1 Å². The van der Waals surface area contributed by atoms with E-state index in [1.165, 1.54) is 0 Å². The minimum Gasteiger partial charge on any atom is -0.395 e. The molecule has 94 valence electrons. The Kier molecular flexibility index (Phi) is 2.59. The van der Waals surface area contributed by atoms with E-state index in [1.54, 1.807) is 16.8 Å². The molecule has 4 N–H and O–H groups in total. The van der Waals surface area contributed by atoms with Crippen LogP contribution in [0.4, 0.5) is 11.4 Å². The molecule has 6 heteroatoms. The van der Waals surface area contributed by atoms with Gasteiger partial charge in [-0.3, -0.25) is 4.79 Å². The van der Waals surface area contributed by atoms with Crippen molar-refractivity contribution < 1.29 is 4.79 Å². The number of hydrogen-bond acceptors (Lipinski definition) is 5. The van der Waals surface area contributed by atoms with Gasteiger partial charge in [-0.05, 0) is 18.6 Å². The van der Waals surface area contributed by atoms with Crippen molar-refractivity contribution in [2.45, 2.75) is 6.42 Å². The number of primary amides is 1. The molecule has 1 amide bonds. The Morgan fingerprint density at radius 2 is 2.33 bits per heavy atom. The third kappa shape index (κ3) is 1.69. The number of anilines is 2. The summed E-state index contributed by atoms with van der Waals surface area (Å²) in [5.74, 6) is -0.304. The molecule has 1 aliphatic heterocycles. The minimum atomic E-state index is -0.231. The highest BCUT2D eigenvalue weighted by Gasteiger charge is 2.28. The van der Waals surface area contributed by atoms with Gasteiger partial charge in [0.1, 0.15) is 5.52 Å². The van der Waals surface area contributed by atoms with Gasteiger partial charge in [-0.2, -0.15) is 0 Å². The number of nitrogens with two attached hydrogens (primary N) is 2. The topological polar surface area (TPSA) is 85.2 Å². The van der Waals surface area contributed by atoms with E-state index in [-0.39, 0.29) is 11.8 Å². The summed E-state index contributed by atoms with van der Waals surface area (Å²) >= 11 is 1.57. The highest BCUT2D eigenvalue weighted by atomic mass is 32.1. The van der Waals surface area contributed by atoms with Crippen molar-refractivity contribution in [2.75, 3.05) is 23.7 Å². The standard InChI is InChI=1S/C12H14N4OS/c13-10-8(1-2-9-11(10)15-6-18-9)16-4-3-7(5-16)12(14)17/h1-2,6-7H,3-5,13H2,(H2,14,17). The number of hydrogen-bond donors (Lipinski definition) is 2. The first-order valence-corrected chi connectivity index (χ1v) is 6.70. The van der Waals surface area contributed by atoms with E-state index in [2.05, 4.69) is 9.88 Å². The van der Waals surface area contributed by atoms with Crippen molar-refractivity contribution in [2.24, 2.45) is 11.7 Å². The van der Waals surface area contributed by atoms with Crippen LogP contribution in [0.5, 0.6) is 0 Å². The maximum Gasteiger partial charge on any atom is 0.222 e. The molecule has 18 heavy (non-hydrogen) atoms. The quantitative estimate of drug-likeness (QED) is 0.796. The van der Waals surface area contributed by atoms with Crippen LogP contribution in [0.25, 0.3) is 10.2 Å². The molecule has 1 saturated heterocycles. The van der Waals surface area contributed by atoms with Crippen molar-refractivity contribution in [1.29, 1.82) is 0 Å². The summed E-state index contributed by atoms with van der Waals surface area (Å²) in [7, 11) is 0. The second-order valence-electron chi connectivity index (χ2n) is 4.53. The van der Waals surface area contributed by atoms with Gasteiger partial charge in [0.15, 0.2) is 0 Å². The fourth-order valence-electron chi connectivity index (χ4n) is 2.43. The number of fused-ring (bicyclic) bond motifs is 1. The molecule has 0 radical (unpaired) electrons. The van der Waals surface area contributed by atoms with Crippen LogP contribution in [0.2, 0.25) is 0 Å². The summed E-state index contributed by atoms with van der Waals surface area (Å²) in [5.41, 5.74) is 15.8. The Hall–Kier alpha value is -1.82. The second-order valence-corrected chi connectivity index (χ2v) is 5.42. The molecule has 1 fully saturated rings. The van der Waals surface area contributed by atoms with E-state index in [1.807, 2.05) is 12.1 Å². The number of amides is 1. The van der Waals surface area contributed by atoms with Gasteiger partial charge >= 0.3 is 0 Å². The largest absolute Gasteiger partial charge is 0.395 e. The SMILES string of the molecule is NC(=O)C1CCN(c2ccc3scnc3c2N)C1. The van der Waals surface area contributed by atoms with Crippen molar-refractivity contribution in [3.63, 3.8) is 0 Å². The van der Waals surface area contributed by atoms with Gasteiger partial charge in [0.05, 0.1) is 27.5 Å². The summed E-state index contributed by atoms with van der Waals surface area (Å²) in [6.45, 7) is 1.46. The predicted octanol–water partition coefficient (Wildman–Crippen LogP) is 1.19. The lowest BCUT2D eigenvalue weighted by atomic mass is 10.1. The summed E-state index contributed by atoms with van der Waals surface area (Å²) in [6.07, 6.45) is 0.796. The maximum absolute atomic E-state index is 11.2. The van der Waals surface area contributed by atoms with Crippen LogP contribution in [-0.2, 0) is 4.79 Å². The second kappa shape index (κ2) is 4.13. The van der Waals surface area contributed by atoms with Crippen molar-refractivity contribution in [3.8, 4) is 0 Å². The van der Waals surface area contributed by atoms with Crippen LogP contribution < -0.4 is 16.4 Å². The Balaban J connectivity index is 1.95. The number of aromatic nitrogens is 1. The van der Waals surface area contributed by atoms with Gasteiger partial charge in [-0.1, -0.05) is 0 Å². The average molecular weight is 262 g/mol. The Morgan fingerprint density at radius 1 is 1.50 bits per heavy atom. The number of rotatable bonds is 2. The number of nitrogen functional groups attached to an aromatic ring is 1. The van der Waals surface area contributed by atoms with E-state index in [0.717, 1.165) is 28.9 Å². The lowest BCUT2D eigenvalue weighted by molar-refractivity contribution is -0.121. The van der Waals surface area contributed by atoms with Gasteiger partial charge in [0.25, 0.3) is 0 Å². The molecule has 5 nitrogen and oxygen atoms in total. The molecule has 0 saturated carbocycles. The molecular formula is C12H14N4OS. The van der Waals surface area contributed by atoms with Gasteiger partial charge in [-0.15, -0.1) is 11.3 Å². The van der Waals surface area contributed by atoms with Crippen molar-refractivity contribution in [1.82, 2.24) is 4.98 Å². The average Bonchev–Trinajstić information content (AvgIpc) is 2.97. The summed E-state index contributed by atoms with van der Waals surface area (Å²) < 4.78 is 1.09. The summed E-state index contributed by atoms with van der Waals surface area (Å²) in [4.78, 5) is 17.6. The molecule has 0 spiro atoms. The van der Waals surface area contributed by atoms with E-state index in [9.17, 15) is 4.79 Å². The van der Waals surface area contributed by atoms with Crippen LogP contribution in [0.3, 0.4) is 0 Å². The van der Waals surface area contributed by atoms with Crippen LogP contribution in [0.1, 0.15) is 6.42 Å². The van der Waals surface area contributed by atoms with Gasteiger partial charge < -0.3 is 16.4 Å². The molecule has 2 aromatic rings. The summed E-state index contributed by atoms with van der Waals surface area (Å²) in [5, 5.41) is 0. The van der Waals surface area contributed by atoms with Crippen LogP contribution in [0, 0.1) is 5.92 Å². The summed E-state index contributed by atoms with van der Waals surface area (Å²) in [6, 6.07) is 4.02.